The molecule has 0 aromatic carbocycles. The molecule has 7 nitrogen and oxygen atoms in total. The average molecular weight is 373 g/mol. The molecule has 2 N–H and O–H groups in total. The standard InChI is InChI=1S/C18H32FN3O4/c1-16(2,3)26-14(23)20-17(4)5-9-21(10-6-17)13-18(19)7-11-22(12-8-18)15(24)25/h5-13H2,1-4H3,(H,20,23)(H,24,25). The third-order valence-electron chi connectivity index (χ3n) is 5.20. The molecule has 0 spiro atoms. The van der Waals surface area contributed by atoms with Gasteiger partial charge in [-0.25, -0.2) is 14.0 Å². The number of nitrogens with zero attached hydrogens (tertiary/aromatic N) is 2. The third kappa shape index (κ3) is 6.00. The molecule has 26 heavy (non-hydrogen) atoms. The molecule has 2 fully saturated rings. The molecule has 0 saturated carbocycles. The van der Waals surface area contributed by atoms with Gasteiger partial charge in [0.1, 0.15) is 11.3 Å². The number of carbonyl (C=O) groups excluding carboxylic acids is 1. The summed E-state index contributed by atoms with van der Waals surface area (Å²) in [5.74, 6) is 0. The van der Waals surface area contributed by atoms with Crippen molar-refractivity contribution in [3.05, 3.63) is 0 Å². The molecule has 2 aliphatic heterocycles. The molecule has 0 unspecified atom stereocenters. The van der Waals surface area contributed by atoms with Crippen molar-refractivity contribution >= 4 is 12.2 Å². The maximum atomic E-state index is 15.0. The van der Waals surface area contributed by atoms with Crippen LogP contribution in [0.2, 0.25) is 0 Å². The molecule has 0 aliphatic carbocycles. The summed E-state index contributed by atoms with van der Waals surface area (Å²) in [7, 11) is 0. The number of rotatable bonds is 3. The molecular weight excluding hydrogens is 341 g/mol. The Kier molecular flexibility index (Phi) is 6.05. The second-order valence-electron chi connectivity index (χ2n) is 8.88. The Labute approximate surface area is 154 Å². The summed E-state index contributed by atoms with van der Waals surface area (Å²) in [6.45, 7) is 9.68. The number of hydrogen-bond acceptors (Lipinski definition) is 4. The van der Waals surface area contributed by atoms with Crippen LogP contribution >= 0.6 is 0 Å². The molecule has 0 atom stereocenters. The number of carbonyl (C=O) groups is 2. The molecule has 0 bridgehead atoms. The van der Waals surface area contributed by atoms with Gasteiger partial charge in [-0.3, -0.25) is 4.90 Å². The van der Waals surface area contributed by atoms with Crippen molar-refractivity contribution in [2.45, 2.75) is 70.2 Å². The molecule has 2 heterocycles. The summed E-state index contributed by atoms with van der Waals surface area (Å²) in [5, 5.41) is 11.9. The van der Waals surface area contributed by atoms with Gasteiger partial charge in [-0.05, 0) is 40.5 Å². The predicted octanol–water partition coefficient (Wildman–Crippen LogP) is 2.85. The lowest BCUT2D eigenvalue weighted by molar-refractivity contribution is 0.00972. The van der Waals surface area contributed by atoms with Crippen LogP contribution in [0.25, 0.3) is 0 Å². The zero-order valence-corrected chi connectivity index (χ0v) is 16.3. The first kappa shape index (κ1) is 20.7. The number of nitrogens with one attached hydrogen (secondary N) is 1. The van der Waals surface area contributed by atoms with E-state index < -0.39 is 23.5 Å². The van der Waals surface area contributed by atoms with Crippen LogP contribution < -0.4 is 5.32 Å². The summed E-state index contributed by atoms with van der Waals surface area (Å²) in [4.78, 5) is 26.3. The Hall–Kier alpha value is -1.57. The maximum Gasteiger partial charge on any atom is 0.408 e. The van der Waals surface area contributed by atoms with Crippen molar-refractivity contribution in [2.24, 2.45) is 0 Å². The molecular formula is C18H32FN3O4. The van der Waals surface area contributed by atoms with Gasteiger partial charge in [-0.15, -0.1) is 0 Å². The van der Waals surface area contributed by atoms with Crippen molar-refractivity contribution in [1.29, 1.82) is 0 Å². The van der Waals surface area contributed by atoms with Crippen molar-refractivity contribution in [2.75, 3.05) is 32.7 Å². The van der Waals surface area contributed by atoms with E-state index in [-0.39, 0.29) is 31.5 Å². The van der Waals surface area contributed by atoms with Crippen molar-refractivity contribution in [3.63, 3.8) is 0 Å². The lowest BCUT2D eigenvalue weighted by Crippen LogP contribution is -2.56. The number of alkyl halides is 1. The molecule has 8 heteroatoms. The minimum absolute atomic E-state index is 0.239. The van der Waals surface area contributed by atoms with E-state index in [2.05, 4.69) is 10.2 Å². The highest BCUT2D eigenvalue weighted by Gasteiger charge is 2.40. The van der Waals surface area contributed by atoms with E-state index in [1.54, 1.807) is 0 Å². The first-order valence-corrected chi connectivity index (χ1v) is 9.30. The molecule has 0 aromatic rings. The number of carboxylic acid groups (broad SMARTS) is 1. The van der Waals surface area contributed by atoms with Gasteiger partial charge in [0.2, 0.25) is 0 Å². The topological polar surface area (TPSA) is 82.1 Å². The Morgan fingerprint density at radius 1 is 1.12 bits per heavy atom. The van der Waals surface area contributed by atoms with Gasteiger partial charge in [0.05, 0.1) is 0 Å². The van der Waals surface area contributed by atoms with Crippen LogP contribution in [0.3, 0.4) is 0 Å². The van der Waals surface area contributed by atoms with E-state index in [0.717, 1.165) is 12.8 Å². The number of alkyl carbamates (subject to hydrolysis) is 1. The molecule has 0 radical (unpaired) electrons. The van der Waals surface area contributed by atoms with Crippen LogP contribution in [0.15, 0.2) is 0 Å². The molecule has 2 amide bonds. The molecule has 0 aromatic heterocycles. The summed E-state index contributed by atoms with van der Waals surface area (Å²) >= 11 is 0. The molecule has 2 rings (SSSR count). The fraction of sp³-hybridized carbons (Fsp3) is 0.889. The van der Waals surface area contributed by atoms with Crippen molar-refractivity contribution < 1.29 is 23.8 Å². The van der Waals surface area contributed by atoms with Crippen LogP contribution in [-0.2, 0) is 4.74 Å². The lowest BCUT2D eigenvalue weighted by Gasteiger charge is -2.43. The van der Waals surface area contributed by atoms with Crippen LogP contribution in [-0.4, -0.2) is 76.6 Å². The predicted molar refractivity (Wildman–Crippen MR) is 96.1 cm³/mol. The summed E-state index contributed by atoms with van der Waals surface area (Å²) in [6, 6.07) is 0. The van der Waals surface area contributed by atoms with E-state index in [1.807, 2.05) is 27.7 Å². The number of halogens is 1. The van der Waals surface area contributed by atoms with Crippen molar-refractivity contribution in [1.82, 2.24) is 15.1 Å². The minimum Gasteiger partial charge on any atom is -0.465 e. The van der Waals surface area contributed by atoms with Gasteiger partial charge in [-0.2, -0.15) is 0 Å². The molecule has 2 aliphatic rings. The second-order valence-corrected chi connectivity index (χ2v) is 8.88. The monoisotopic (exact) mass is 373 g/mol. The highest BCUT2D eigenvalue weighted by Crippen LogP contribution is 2.30. The Balaban J connectivity index is 1.79. The van der Waals surface area contributed by atoms with Gasteiger partial charge in [0.25, 0.3) is 0 Å². The number of amides is 2. The zero-order chi connectivity index (χ0) is 19.6. The zero-order valence-electron chi connectivity index (χ0n) is 16.3. The Morgan fingerprint density at radius 3 is 2.12 bits per heavy atom. The van der Waals surface area contributed by atoms with E-state index in [9.17, 15) is 9.59 Å². The Morgan fingerprint density at radius 2 is 1.65 bits per heavy atom. The van der Waals surface area contributed by atoms with E-state index in [0.29, 0.717) is 19.6 Å². The lowest BCUT2D eigenvalue weighted by atomic mass is 9.87. The average Bonchev–Trinajstić information content (AvgIpc) is 2.48. The number of hydrogen-bond donors (Lipinski definition) is 2. The van der Waals surface area contributed by atoms with Gasteiger partial charge in [0, 0.05) is 51.1 Å². The second kappa shape index (κ2) is 7.58. The van der Waals surface area contributed by atoms with Crippen LogP contribution in [0, 0.1) is 0 Å². The van der Waals surface area contributed by atoms with E-state index in [4.69, 9.17) is 9.84 Å². The maximum absolute atomic E-state index is 15.0. The number of ether oxygens (including phenoxy) is 1. The van der Waals surface area contributed by atoms with Crippen LogP contribution in [0.1, 0.15) is 53.4 Å². The molecule has 150 valence electrons. The fourth-order valence-electron chi connectivity index (χ4n) is 3.54. The van der Waals surface area contributed by atoms with Crippen molar-refractivity contribution in [3.8, 4) is 0 Å². The van der Waals surface area contributed by atoms with E-state index in [1.165, 1.54) is 4.90 Å². The van der Waals surface area contributed by atoms with Gasteiger partial charge < -0.3 is 20.1 Å². The largest absolute Gasteiger partial charge is 0.465 e. The number of likely N-dealkylation sites (tertiary alicyclic amines) is 2. The fourth-order valence-corrected chi connectivity index (χ4v) is 3.54. The van der Waals surface area contributed by atoms with Crippen LogP contribution in [0.5, 0.6) is 0 Å². The first-order valence-electron chi connectivity index (χ1n) is 9.30. The summed E-state index contributed by atoms with van der Waals surface area (Å²) in [5.41, 5.74) is -2.22. The van der Waals surface area contributed by atoms with Crippen LogP contribution in [0.4, 0.5) is 14.0 Å². The first-order chi connectivity index (χ1) is 11.9. The van der Waals surface area contributed by atoms with Gasteiger partial charge >= 0.3 is 12.2 Å². The quantitative estimate of drug-likeness (QED) is 0.795. The summed E-state index contributed by atoms with van der Waals surface area (Å²) in [6.07, 6.45) is 0.532. The smallest absolute Gasteiger partial charge is 0.408 e. The third-order valence-corrected chi connectivity index (χ3v) is 5.20. The normalized spacial score (nSPS) is 23.3. The minimum atomic E-state index is -1.34. The molecule has 2 saturated heterocycles. The van der Waals surface area contributed by atoms with Gasteiger partial charge in [0.15, 0.2) is 0 Å². The van der Waals surface area contributed by atoms with Gasteiger partial charge in [-0.1, -0.05) is 0 Å². The SMILES string of the molecule is CC1(NC(=O)OC(C)(C)C)CCN(CC2(F)CCN(C(=O)O)CC2)CC1. The highest BCUT2D eigenvalue weighted by atomic mass is 19.1. The Bertz CT molecular complexity index is 519. The number of piperidine rings is 2. The highest BCUT2D eigenvalue weighted by molar-refractivity contribution is 5.68. The summed E-state index contributed by atoms with van der Waals surface area (Å²) < 4.78 is 20.4. The van der Waals surface area contributed by atoms with E-state index >= 15 is 4.39 Å².